The molecule has 2 rings (SSSR count). The number of hydrogen-bond acceptors (Lipinski definition) is 3. The predicted molar refractivity (Wildman–Crippen MR) is 92.6 cm³/mol. The summed E-state index contributed by atoms with van der Waals surface area (Å²) in [5, 5.41) is 2.05. The van der Waals surface area contributed by atoms with Gasteiger partial charge in [0.15, 0.2) is 6.79 Å². The molecule has 0 amide bonds. The number of rotatable bonds is 6. The number of hydrogen-bond donors (Lipinski definition) is 0. The van der Waals surface area contributed by atoms with E-state index in [9.17, 15) is 0 Å². The summed E-state index contributed by atoms with van der Waals surface area (Å²) in [4.78, 5) is 7.55. The fourth-order valence-corrected chi connectivity index (χ4v) is 2.88. The number of ether oxygens (including phenoxy) is 2. The van der Waals surface area contributed by atoms with E-state index in [1.165, 1.54) is 0 Å². The molecule has 0 saturated carbocycles. The van der Waals surface area contributed by atoms with Crippen molar-refractivity contribution in [3.05, 3.63) is 41.0 Å². The Hall–Kier alpha value is -1.61. The Labute approximate surface area is 136 Å². The van der Waals surface area contributed by atoms with E-state index in [2.05, 4.69) is 29.5 Å². The molecule has 0 spiro atoms. The topological polar surface area (TPSA) is 35.7 Å². The third kappa shape index (κ3) is 4.44. The molecule has 0 aliphatic heterocycles. The van der Waals surface area contributed by atoms with E-state index in [0.717, 1.165) is 16.8 Å². The fourth-order valence-electron chi connectivity index (χ4n) is 1.90. The second-order valence-electron chi connectivity index (χ2n) is 6.24. The van der Waals surface area contributed by atoms with E-state index >= 15 is 0 Å². The van der Waals surface area contributed by atoms with Gasteiger partial charge in [-0.2, -0.15) is 0 Å². The van der Waals surface area contributed by atoms with Crippen LogP contribution in [0, 0.1) is 6.57 Å². The maximum absolute atomic E-state index is 7.27. The summed E-state index contributed by atoms with van der Waals surface area (Å²) in [5.74, 6) is 0.477. The van der Waals surface area contributed by atoms with Crippen molar-refractivity contribution in [1.29, 1.82) is 0 Å². The monoisotopic (exact) mass is 334 g/mol. The van der Waals surface area contributed by atoms with Crippen LogP contribution in [-0.4, -0.2) is 26.5 Å². The summed E-state index contributed by atoms with van der Waals surface area (Å²) in [7, 11) is -1.10. The van der Waals surface area contributed by atoms with E-state index in [1.807, 2.05) is 6.07 Å². The van der Waals surface area contributed by atoms with Crippen molar-refractivity contribution >= 4 is 36.1 Å². The largest absolute Gasteiger partial charge is 0.479 e. The van der Waals surface area contributed by atoms with Crippen LogP contribution >= 0.6 is 11.6 Å². The molecule has 4 nitrogen and oxygen atoms in total. The molecule has 0 fully saturated rings. The quantitative estimate of drug-likeness (QED) is 0.241. The summed E-state index contributed by atoms with van der Waals surface area (Å²) in [5.41, 5.74) is 0.448. The van der Waals surface area contributed by atoms with E-state index in [4.69, 9.17) is 27.6 Å². The minimum atomic E-state index is -1.10. The Kier molecular flexibility index (Phi) is 5.41. The lowest BCUT2D eigenvalue weighted by molar-refractivity contribution is 0.0226. The molecule has 1 heterocycles. The number of fused-ring (bicyclic) bond motifs is 1. The maximum atomic E-state index is 7.27. The highest BCUT2D eigenvalue weighted by molar-refractivity contribution is 6.76. The van der Waals surface area contributed by atoms with Crippen LogP contribution in [0.15, 0.2) is 24.4 Å². The lowest BCUT2D eigenvalue weighted by Crippen LogP contribution is -2.22. The number of halogens is 1. The molecule has 6 heteroatoms. The minimum Gasteiger partial charge on any atom is -0.479 e. The van der Waals surface area contributed by atoms with Crippen molar-refractivity contribution in [3.8, 4) is 5.75 Å². The zero-order valence-electron chi connectivity index (χ0n) is 13.0. The Balaban J connectivity index is 2.07. The molecule has 0 aliphatic rings. The zero-order chi connectivity index (χ0) is 16.2. The van der Waals surface area contributed by atoms with E-state index in [-0.39, 0.29) is 6.79 Å². The van der Waals surface area contributed by atoms with Crippen LogP contribution in [0.5, 0.6) is 5.75 Å². The molecule has 1 aromatic heterocycles. The van der Waals surface area contributed by atoms with Gasteiger partial charge in [-0.1, -0.05) is 31.2 Å². The second kappa shape index (κ2) is 7.10. The molecule has 1 aromatic carbocycles. The van der Waals surface area contributed by atoms with Crippen LogP contribution in [-0.2, 0) is 4.74 Å². The standard InChI is InChI=1S/C16H19ClN2O2Si/c1-18-14-9-12-5-6-19-16(17)13(12)10-15(14)21-11-20-7-8-22(2,3)4/h5-6,9-10H,7-8,11H2,2-4H3. The molecule has 0 saturated heterocycles. The highest BCUT2D eigenvalue weighted by Crippen LogP contribution is 2.34. The smallest absolute Gasteiger partial charge is 0.228 e. The lowest BCUT2D eigenvalue weighted by Gasteiger charge is -2.16. The second-order valence-corrected chi connectivity index (χ2v) is 12.2. The van der Waals surface area contributed by atoms with Crippen LogP contribution in [0.3, 0.4) is 0 Å². The van der Waals surface area contributed by atoms with Gasteiger partial charge in [-0.05, 0) is 29.6 Å². The summed E-state index contributed by atoms with van der Waals surface area (Å²) in [6, 6.07) is 6.41. The molecule has 116 valence electrons. The van der Waals surface area contributed by atoms with Gasteiger partial charge in [-0.15, -0.1) is 0 Å². The minimum absolute atomic E-state index is 0.135. The molecule has 22 heavy (non-hydrogen) atoms. The van der Waals surface area contributed by atoms with Crippen LogP contribution in [0.4, 0.5) is 5.69 Å². The van der Waals surface area contributed by atoms with Gasteiger partial charge < -0.3 is 9.47 Å². The van der Waals surface area contributed by atoms with Gasteiger partial charge in [0.2, 0.25) is 5.69 Å². The summed E-state index contributed by atoms with van der Waals surface area (Å²) in [6.45, 7) is 15.0. The molecule has 0 aliphatic carbocycles. The maximum Gasteiger partial charge on any atom is 0.228 e. The Morgan fingerprint density at radius 2 is 2.09 bits per heavy atom. The summed E-state index contributed by atoms with van der Waals surface area (Å²) >= 11 is 6.09. The average molecular weight is 335 g/mol. The first-order valence-corrected chi connectivity index (χ1v) is 11.2. The van der Waals surface area contributed by atoms with Gasteiger partial charge >= 0.3 is 0 Å². The summed E-state index contributed by atoms with van der Waals surface area (Å²) < 4.78 is 11.1. The average Bonchev–Trinajstić information content (AvgIpc) is 2.45. The molecule has 0 bridgehead atoms. The summed E-state index contributed by atoms with van der Waals surface area (Å²) in [6.07, 6.45) is 1.62. The molecule has 0 N–H and O–H groups in total. The molecular formula is C16H19ClN2O2Si. The molecule has 0 radical (unpaired) electrons. The van der Waals surface area contributed by atoms with Gasteiger partial charge in [-0.25, -0.2) is 9.83 Å². The molecular weight excluding hydrogens is 316 g/mol. The SMILES string of the molecule is [C-]#[N+]c1cc2ccnc(Cl)c2cc1OCOCC[Si](C)(C)C. The van der Waals surface area contributed by atoms with E-state index < -0.39 is 8.07 Å². The predicted octanol–water partition coefficient (Wildman–Crippen LogP) is 5.13. The van der Waals surface area contributed by atoms with Gasteiger partial charge in [0, 0.05) is 26.3 Å². The molecule has 0 unspecified atom stereocenters. The van der Waals surface area contributed by atoms with Crippen LogP contribution < -0.4 is 4.74 Å². The third-order valence-corrected chi connectivity index (χ3v) is 5.22. The normalized spacial score (nSPS) is 11.4. The van der Waals surface area contributed by atoms with Gasteiger partial charge in [0.05, 0.1) is 6.57 Å². The van der Waals surface area contributed by atoms with Crippen molar-refractivity contribution in [2.75, 3.05) is 13.4 Å². The first-order valence-electron chi connectivity index (χ1n) is 7.07. The van der Waals surface area contributed by atoms with Crippen molar-refractivity contribution in [2.45, 2.75) is 25.7 Å². The first kappa shape index (κ1) is 16.8. The lowest BCUT2D eigenvalue weighted by atomic mass is 10.1. The highest BCUT2D eigenvalue weighted by Gasteiger charge is 2.12. The third-order valence-electron chi connectivity index (χ3n) is 3.21. The Morgan fingerprint density at radius 3 is 2.77 bits per heavy atom. The van der Waals surface area contributed by atoms with Crippen LogP contribution in [0.1, 0.15) is 0 Å². The molecule has 2 aromatic rings. The zero-order valence-corrected chi connectivity index (χ0v) is 14.8. The first-order chi connectivity index (χ1) is 10.4. The van der Waals surface area contributed by atoms with Crippen molar-refractivity contribution in [1.82, 2.24) is 4.98 Å². The van der Waals surface area contributed by atoms with E-state index in [0.29, 0.717) is 23.2 Å². The molecule has 0 atom stereocenters. The van der Waals surface area contributed by atoms with Crippen LogP contribution in [0.25, 0.3) is 15.6 Å². The van der Waals surface area contributed by atoms with Crippen LogP contribution in [0.2, 0.25) is 30.8 Å². The highest BCUT2D eigenvalue weighted by atomic mass is 35.5. The van der Waals surface area contributed by atoms with Crippen molar-refractivity contribution in [3.63, 3.8) is 0 Å². The van der Waals surface area contributed by atoms with Gasteiger partial charge in [-0.3, -0.25) is 0 Å². The fraction of sp³-hybridized carbons (Fsp3) is 0.375. The van der Waals surface area contributed by atoms with E-state index in [1.54, 1.807) is 18.3 Å². The van der Waals surface area contributed by atoms with Crippen molar-refractivity contribution in [2.24, 2.45) is 0 Å². The number of pyridine rings is 1. The Morgan fingerprint density at radius 1 is 1.32 bits per heavy atom. The van der Waals surface area contributed by atoms with Crippen molar-refractivity contribution < 1.29 is 9.47 Å². The Bertz CT molecular complexity index is 708. The number of nitrogens with zero attached hydrogens (tertiary/aromatic N) is 2. The van der Waals surface area contributed by atoms with Gasteiger partial charge in [0.1, 0.15) is 10.9 Å². The number of aromatic nitrogens is 1. The van der Waals surface area contributed by atoms with Gasteiger partial charge in [0.25, 0.3) is 0 Å². The number of benzene rings is 1.